The van der Waals surface area contributed by atoms with E-state index >= 15 is 0 Å². The number of aromatic nitrogens is 2. The third-order valence-corrected chi connectivity index (χ3v) is 3.96. The van der Waals surface area contributed by atoms with Crippen molar-refractivity contribution in [1.82, 2.24) is 9.55 Å². The number of nitrogens with one attached hydrogen (secondary N) is 1. The fourth-order valence-electron chi connectivity index (χ4n) is 2.62. The number of H-pyrrole nitrogens is 1. The van der Waals surface area contributed by atoms with Crippen LogP contribution in [0.15, 0.2) is 39.9 Å². The quantitative estimate of drug-likeness (QED) is 0.704. The second-order valence-corrected chi connectivity index (χ2v) is 5.81. The van der Waals surface area contributed by atoms with Crippen molar-refractivity contribution >= 4 is 11.5 Å². The lowest BCUT2D eigenvalue weighted by molar-refractivity contribution is 0.185. The van der Waals surface area contributed by atoms with E-state index in [0.29, 0.717) is 6.54 Å². The van der Waals surface area contributed by atoms with Crippen LogP contribution in [0.2, 0.25) is 0 Å². The normalized spacial score (nSPS) is 12.1. The number of hydrogen-bond acceptors (Lipinski definition) is 5. The number of benzene rings is 1. The minimum atomic E-state index is -0.772. The number of aliphatic hydroxyl groups excluding tert-OH is 1. The smallest absolute Gasteiger partial charge is 0.330 e. The number of aliphatic hydroxyl groups is 1. The highest BCUT2D eigenvalue weighted by molar-refractivity contribution is 5.62. The van der Waals surface area contributed by atoms with E-state index in [1.807, 2.05) is 37.3 Å². The molecule has 0 saturated carbocycles. The first-order chi connectivity index (χ1) is 11.5. The molecule has 7 nitrogen and oxygen atoms in total. The summed E-state index contributed by atoms with van der Waals surface area (Å²) in [7, 11) is 1.67. The first kappa shape index (κ1) is 17.8. The Morgan fingerprint density at radius 1 is 1.29 bits per heavy atom. The van der Waals surface area contributed by atoms with Crippen LogP contribution in [0.1, 0.15) is 31.4 Å². The average molecular weight is 332 g/mol. The highest BCUT2D eigenvalue weighted by Crippen LogP contribution is 2.20. The lowest BCUT2D eigenvalue weighted by Gasteiger charge is -2.24. The number of anilines is 2. The summed E-state index contributed by atoms with van der Waals surface area (Å²) in [4.78, 5) is 28.0. The lowest BCUT2D eigenvalue weighted by Crippen LogP contribution is -2.38. The van der Waals surface area contributed by atoms with Crippen LogP contribution in [0.25, 0.3) is 0 Å². The maximum absolute atomic E-state index is 12.2. The SMILES string of the molecule is CCCCn1c(N)c(N(C)CC(O)c2ccccc2)c(=O)[nH]c1=O. The molecule has 2 rings (SSSR count). The largest absolute Gasteiger partial charge is 0.387 e. The predicted octanol–water partition coefficient (Wildman–Crippen LogP) is 1.09. The third-order valence-electron chi connectivity index (χ3n) is 3.96. The van der Waals surface area contributed by atoms with Gasteiger partial charge in [-0.2, -0.15) is 0 Å². The van der Waals surface area contributed by atoms with Gasteiger partial charge in [0.2, 0.25) is 0 Å². The average Bonchev–Trinajstić information content (AvgIpc) is 2.55. The van der Waals surface area contributed by atoms with Crippen LogP contribution < -0.4 is 21.9 Å². The van der Waals surface area contributed by atoms with Crippen LogP contribution >= 0.6 is 0 Å². The fourth-order valence-corrected chi connectivity index (χ4v) is 2.62. The molecular weight excluding hydrogens is 308 g/mol. The Hall–Kier alpha value is -2.54. The van der Waals surface area contributed by atoms with Gasteiger partial charge in [0.1, 0.15) is 11.5 Å². The first-order valence-corrected chi connectivity index (χ1v) is 8.02. The van der Waals surface area contributed by atoms with Crippen molar-refractivity contribution in [3.63, 3.8) is 0 Å². The van der Waals surface area contributed by atoms with Crippen molar-refractivity contribution in [3.8, 4) is 0 Å². The zero-order chi connectivity index (χ0) is 17.7. The van der Waals surface area contributed by atoms with Gasteiger partial charge < -0.3 is 15.7 Å². The van der Waals surface area contributed by atoms with Gasteiger partial charge in [0, 0.05) is 20.1 Å². The highest BCUT2D eigenvalue weighted by Gasteiger charge is 2.19. The molecule has 1 aromatic carbocycles. The molecule has 4 N–H and O–H groups in total. The minimum absolute atomic E-state index is 0.125. The van der Waals surface area contributed by atoms with Crippen LogP contribution in [0, 0.1) is 0 Å². The topological polar surface area (TPSA) is 104 Å². The second kappa shape index (κ2) is 7.83. The molecular formula is C17H24N4O3. The molecule has 1 unspecified atom stereocenters. The van der Waals surface area contributed by atoms with Gasteiger partial charge in [-0.05, 0) is 12.0 Å². The molecule has 0 radical (unpaired) electrons. The molecule has 0 saturated heterocycles. The zero-order valence-corrected chi connectivity index (χ0v) is 14.0. The Kier molecular flexibility index (Phi) is 5.81. The molecule has 130 valence electrons. The summed E-state index contributed by atoms with van der Waals surface area (Å²) in [6.45, 7) is 2.64. The molecule has 0 bridgehead atoms. The lowest BCUT2D eigenvalue weighted by atomic mass is 10.1. The number of aromatic amines is 1. The Balaban J connectivity index is 2.30. The van der Waals surface area contributed by atoms with Gasteiger partial charge in [-0.3, -0.25) is 14.3 Å². The standard InChI is InChI=1S/C17H24N4O3/c1-3-4-10-21-15(18)14(16(23)19-17(21)24)20(2)11-13(22)12-8-6-5-7-9-12/h5-9,13,22H,3-4,10-11,18H2,1-2H3,(H,19,23,24). The molecule has 0 aliphatic heterocycles. The van der Waals surface area contributed by atoms with Crippen LogP contribution in [-0.2, 0) is 6.54 Å². The predicted molar refractivity (Wildman–Crippen MR) is 95.3 cm³/mol. The summed E-state index contributed by atoms with van der Waals surface area (Å²) in [6, 6.07) is 9.17. The van der Waals surface area contributed by atoms with Gasteiger partial charge in [-0.25, -0.2) is 4.79 Å². The molecule has 24 heavy (non-hydrogen) atoms. The summed E-state index contributed by atoms with van der Waals surface area (Å²) in [5.41, 5.74) is 5.95. The molecule has 7 heteroatoms. The number of nitrogen functional groups attached to an aromatic ring is 1. The second-order valence-electron chi connectivity index (χ2n) is 5.81. The van der Waals surface area contributed by atoms with E-state index in [9.17, 15) is 14.7 Å². The minimum Gasteiger partial charge on any atom is -0.387 e. The molecule has 2 aromatic rings. The zero-order valence-electron chi connectivity index (χ0n) is 14.0. The van der Waals surface area contributed by atoms with E-state index in [4.69, 9.17) is 5.73 Å². The van der Waals surface area contributed by atoms with E-state index in [0.717, 1.165) is 18.4 Å². The van der Waals surface area contributed by atoms with Gasteiger partial charge in [0.25, 0.3) is 5.56 Å². The van der Waals surface area contributed by atoms with Gasteiger partial charge in [-0.1, -0.05) is 43.7 Å². The van der Waals surface area contributed by atoms with E-state index in [2.05, 4.69) is 4.98 Å². The van der Waals surface area contributed by atoms with Gasteiger partial charge in [0.05, 0.1) is 6.10 Å². The number of hydrogen-bond donors (Lipinski definition) is 3. The first-order valence-electron chi connectivity index (χ1n) is 8.02. The molecule has 0 aliphatic carbocycles. The van der Waals surface area contributed by atoms with E-state index in [-0.39, 0.29) is 18.1 Å². The van der Waals surface area contributed by atoms with Crippen molar-refractivity contribution < 1.29 is 5.11 Å². The molecule has 0 aliphatic rings. The Bertz CT molecular complexity index is 783. The van der Waals surface area contributed by atoms with Crippen LogP contribution in [-0.4, -0.2) is 28.3 Å². The van der Waals surface area contributed by atoms with Gasteiger partial charge >= 0.3 is 5.69 Å². The molecule has 1 aromatic heterocycles. The number of nitrogens with two attached hydrogens (primary N) is 1. The fraction of sp³-hybridized carbons (Fsp3) is 0.412. The summed E-state index contributed by atoms with van der Waals surface area (Å²) in [6.07, 6.45) is 0.917. The third kappa shape index (κ3) is 3.86. The van der Waals surface area contributed by atoms with Gasteiger partial charge in [-0.15, -0.1) is 0 Å². The van der Waals surface area contributed by atoms with Crippen molar-refractivity contribution in [3.05, 3.63) is 56.7 Å². The highest BCUT2D eigenvalue weighted by atomic mass is 16.3. The maximum Gasteiger partial charge on any atom is 0.330 e. The van der Waals surface area contributed by atoms with E-state index in [1.165, 1.54) is 4.57 Å². The van der Waals surface area contributed by atoms with Crippen molar-refractivity contribution in [2.45, 2.75) is 32.4 Å². The van der Waals surface area contributed by atoms with Crippen molar-refractivity contribution in [2.24, 2.45) is 0 Å². The molecule has 1 heterocycles. The summed E-state index contributed by atoms with van der Waals surface area (Å²) >= 11 is 0. The van der Waals surface area contributed by atoms with Crippen LogP contribution in [0.5, 0.6) is 0 Å². The van der Waals surface area contributed by atoms with Crippen LogP contribution in [0.3, 0.4) is 0 Å². The summed E-state index contributed by atoms with van der Waals surface area (Å²) in [5.74, 6) is 0.125. The van der Waals surface area contributed by atoms with Crippen molar-refractivity contribution in [2.75, 3.05) is 24.2 Å². The number of nitrogens with zero attached hydrogens (tertiary/aromatic N) is 2. The van der Waals surface area contributed by atoms with E-state index in [1.54, 1.807) is 11.9 Å². The number of rotatable bonds is 7. The monoisotopic (exact) mass is 332 g/mol. The Labute approximate surface area is 140 Å². The molecule has 0 spiro atoms. The van der Waals surface area contributed by atoms with Gasteiger partial charge in [0.15, 0.2) is 0 Å². The number of unbranched alkanes of at least 4 members (excludes halogenated alkanes) is 1. The molecule has 0 amide bonds. The van der Waals surface area contributed by atoms with Crippen molar-refractivity contribution in [1.29, 1.82) is 0 Å². The maximum atomic E-state index is 12.2. The molecule has 0 fully saturated rings. The van der Waals surface area contributed by atoms with Crippen LogP contribution in [0.4, 0.5) is 11.5 Å². The Morgan fingerprint density at radius 2 is 1.96 bits per heavy atom. The number of likely N-dealkylation sites (N-methyl/N-ethyl adjacent to an activating group) is 1. The summed E-state index contributed by atoms with van der Waals surface area (Å²) < 4.78 is 1.37. The Morgan fingerprint density at radius 3 is 2.58 bits per heavy atom. The molecule has 1 atom stereocenters. The summed E-state index contributed by atoms with van der Waals surface area (Å²) in [5, 5.41) is 10.3. The van der Waals surface area contributed by atoms with E-state index < -0.39 is 17.4 Å².